The smallest absolute Gasteiger partial charge is 0.315 e. The number of nitrogens with one attached hydrogen (secondary N) is 2. The van der Waals surface area contributed by atoms with Crippen LogP contribution in [0.3, 0.4) is 0 Å². The van der Waals surface area contributed by atoms with Gasteiger partial charge in [0.1, 0.15) is 0 Å². The molecule has 0 aromatic carbocycles. The number of carboxylic acids is 1. The SMILES string of the molecule is CC(CCC(=O)O)NC(=O)NCC1(C)CCCC1. The Morgan fingerprint density at radius 2 is 1.94 bits per heavy atom. The number of hydrogen-bond acceptors (Lipinski definition) is 2. The van der Waals surface area contributed by atoms with Crippen molar-refractivity contribution in [3.8, 4) is 0 Å². The number of hydrogen-bond donors (Lipinski definition) is 3. The predicted octanol–water partition coefficient (Wildman–Crippen LogP) is 2.12. The summed E-state index contributed by atoms with van der Waals surface area (Å²) in [5.74, 6) is -0.831. The van der Waals surface area contributed by atoms with Crippen molar-refractivity contribution < 1.29 is 14.7 Å². The molecule has 0 saturated heterocycles. The maximum atomic E-state index is 11.6. The highest BCUT2D eigenvalue weighted by Gasteiger charge is 2.28. The molecule has 0 heterocycles. The third-order valence-electron chi connectivity index (χ3n) is 3.66. The zero-order valence-corrected chi connectivity index (χ0v) is 11.3. The van der Waals surface area contributed by atoms with Crippen LogP contribution in [0.1, 0.15) is 52.4 Å². The Morgan fingerprint density at radius 1 is 1.33 bits per heavy atom. The highest BCUT2D eigenvalue weighted by molar-refractivity contribution is 5.74. The standard InChI is InChI=1S/C13H24N2O3/c1-10(5-6-11(16)17)15-12(18)14-9-13(2)7-3-4-8-13/h10H,3-9H2,1-2H3,(H,16,17)(H2,14,15,18). The van der Waals surface area contributed by atoms with Gasteiger partial charge in [0.25, 0.3) is 0 Å². The maximum Gasteiger partial charge on any atom is 0.315 e. The molecule has 2 amide bonds. The Labute approximate surface area is 108 Å². The number of aliphatic carboxylic acids is 1. The molecule has 5 heteroatoms. The lowest BCUT2D eigenvalue weighted by Gasteiger charge is -2.24. The summed E-state index contributed by atoms with van der Waals surface area (Å²) in [5.41, 5.74) is 0.238. The second-order valence-corrected chi connectivity index (χ2v) is 5.68. The lowest BCUT2D eigenvalue weighted by atomic mass is 9.89. The van der Waals surface area contributed by atoms with E-state index in [1.807, 2.05) is 6.92 Å². The van der Waals surface area contributed by atoms with Gasteiger partial charge in [0, 0.05) is 19.0 Å². The molecule has 1 saturated carbocycles. The van der Waals surface area contributed by atoms with Crippen LogP contribution in [-0.2, 0) is 4.79 Å². The first kappa shape index (κ1) is 14.8. The van der Waals surface area contributed by atoms with Crippen LogP contribution in [0.25, 0.3) is 0 Å². The van der Waals surface area contributed by atoms with E-state index in [9.17, 15) is 9.59 Å². The molecule has 0 radical (unpaired) electrons. The normalized spacial score (nSPS) is 19.2. The molecule has 18 heavy (non-hydrogen) atoms. The molecule has 0 aliphatic heterocycles. The second kappa shape index (κ2) is 6.61. The first-order valence-corrected chi connectivity index (χ1v) is 6.67. The number of urea groups is 1. The third-order valence-corrected chi connectivity index (χ3v) is 3.66. The number of carboxylic acid groups (broad SMARTS) is 1. The van der Waals surface area contributed by atoms with Crippen LogP contribution in [-0.4, -0.2) is 29.7 Å². The number of carbonyl (C=O) groups is 2. The van der Waals surface area contributed by atoms with Crippen LogP contribution in [0.15, 0.2) is 0 Å². The van der Waals surface area contributed by atoms with E-state index >= 15 is 0 Å². The zero-order chi connectivity index (χ0) is 13.6. The summed E-state index contributed by atoms with van der Waals surface area (Å²) in [6, 6.07) is -0.307. The molecular formula is C13H24N2O3. The van der Waals surface area contributed by atoms with Crippen molar-refractivity contribution in [2.75, 3.05) is 6.54 Å². The van der Waals surface area contributed by atoms with E-state index in [1.54, 1.807) is 0 Å². The molecule has 1 aliphatic rings. The van der Waals surface area contributed by atoms with Crippen molar-refractivity contribution >= 4 is 12.0 Å². The van der Waals surface area contributed by atoms with Crippen LogP contribution in [0.5, 0.6) is 0 Å². The third kappa shape index (κ3) is 5.38. The summed E-state index contributed by atoms with van der Waals surface area (Å²) in [7, 11) is 0. The van der Waals surface area contributed by atoms with Gasteiger partial charge in [-0.05, 0) is 31.6 Å². The molecule has 1 atom stereocenters. The fourth-order valence-electron chi connectivity index (χ4n) is 2.39. The average molecular weight is 256 g/mol. The van der Waals surface area contributed by atoms with E-state index in [4.69, 9.17) is 5.11 Å². The Balaban J connectivity index is 2.18. The Kier molecular flexibility index (Phi) is 5.44. The predicted molar refractivity (Wildman–Crippen MR) is 69.4 cm³/mol. The minimum Gasteiger partial charge on any atom is -0.481 e. The van der Waals surface area contributed by atoms with Crippen LogP contribution in [0.2, 0.25) is 0 Å². The molecule has 104 valence electrons. The largest absolute Gasteiger partial charge is 0.481 e. The van der Waals surface area contributed by atoms with Gasteiger partial charge in [-0.2, -0.15) is 0 Å². The summed E-state index contributed by atoms with van der Waals surface area (Å²) in [6.45, 7) is 4.72. The molecule has 0 aromatic rings. The van der Waals surface area contributed by atoms with Crippen LogP contribution in [0.4, 0.5) is 4.79 Å². The highest BCUT2D eigenvalue weighted by Crippen LogP contribution is 2.36. The number of amides is 2. The van der Waals surface area contributed by atoms with E-state index in [0.717, 1.165) is 0 Å². The lowest BCUT2D eigenvalue weighted by Crippen LogP contribution is -2.44. The van der Waals surface area contributed by atoms with E-state index in [0.29, 0.717) is 13.0 Å². The molecule has 1 aliphatic carbocycles. The molecule has 0 spiro atoms. The number of rotatable bonds is 6. The molecule has 5 nitrogen and oxygen atoms in total. The fourth-order valence-corrected chi connectivity index (χ4v) is 2.39. The quantitative estimate of drug-likeness (QED) is 0.681. The van der Waals surface area contributed by atoms with Gasteiger partial charge in [0.05, 0.1) is 0 Å². The van der Waals surface area contributed by atoms with Gasteiger partial charge in [0.2, 0.25) is 0 Å². The van der Waals surface area contributed by atoms with E-state index in [1.165, 1.54) is 25.7 Å². The highest BCUT2D eigenvalue weighted by atomic mass is 16.4. The summed E-state index contributed by atoms with van der Waals surface area (Å²) >= 11 is 0. The maximum absolute atomic E-state index is 11.6. The van der Waals surface area contributed by atoms with Gasteiger partial charge in [-0.1, -0.05) is 19.8 Å². The van der Waals surface area contributed by atoms with Crippen LogP contribution < -0.4 is 10.6 Å². The first-order valence-electron chi connectivity index (χ1n) is 6.67. The van der Waals surface area contributed by atoms with Gasteiger partial charge in [0.15, 0.2) is 0 Å². The van der Waals surface area contributed by atoms with E-state index < -0.39 is 5.97 Å². The molecule has 1 fully saturated rings. The van der Waals surface area contributed by atoms with Gasteiger partial charge >= 0.3 is 12.0 Å². The number of carbonyl (C=O) groups excluding carboxylic acids is 1. The monoisotopic (exact) mass is 256 g/mol. The second-order valence-electron chi connectivity index (χ2n) is 5.68. The van der Waals surface area contributed by atoms with Gasteiger partial charge in [-0.3, -0.25) is 4.79 Å². The summed E-state index contributed by atoms with van der Waals surface area (Å²) in [4.78, 5) is 22.0. The Morgan fingerprint density at radius 3 is 2.50 bits per heavy atom. The zero-order valence-electron chi connectivity index (χ0n) is 11.3. The molecular weight excluding hydrogens is 232 g/mol. The molecule has 0 bridgehead atoms. The van der Waals surface area contributed by atoms with Crippen LogP contribution in [0, 0.1) is 5.41 Å². The van der Waals surface area contributed by atoms with Crippen molar-refractivity contribution in [1.29, 1.82) is 0 Å². The summed E-state index contributed by atoms with van der Waals surface area (Å²) < 4.78 is 0. The lowest BCUT2D eigenvalue weighted by molar-refractivity contribution is -0.137. The van der Waals surface area contributed by atoms with Gasteiger partial charge in [-0.15, -0.1) is 0 Å². The average Bonchev–Trinajstić information content (AvgIpc) is 2.72. The summed E-state index contributed by atoms with van der Waals surface area (Å²) in [5, 5.41) is 14.2. The first-order chi connectivity index (χ1) is 8.41. The minimum atomic E-state index is -0.831. The van der Waals surface area contributed by atoms with Crippen molar-refractivity contribution in [1.82, 2.24) is 10.6 Å². The van der Waals surface area contributed by atoms with Crippen molar-refractivity contribution in [2.45, 2.75) is 58.4 Å². The molecule has 1 rings (SSSR count). The van der Waals surface area contributed by atoms with E-state index in [-0.39, 0.29) is 23.9 Å². The van der Waals surface area contributed by atoms with Gasteiger partial charge < -0.3 is 15.7 Å². The molecule has 3 N–H and O–H groups in total. The molecule has 0 aromatic heterocycles. The van der Waals surface area contributed by atoms with Crippen molar-refractivity contribution in [3.05, 3.63) is 0 Å². The van der Waals surface area contributed by atoms with Crippen LogP contribution >= 0.6 is 0 Å². The van der Waals surface area contributed by atoms with Crippen molar-refractivity contribution in [3.63, 3.8) is 0 Å². The summed E-state index contributed by atoms with van der Waals surface area (Å²) in [6.07, 6.45) is 5.37. The minimum absolute atomic E-state index is 0.0825. The Bertz CT molecular complexity index is 299. The topological polar surface area (TPSA) is 78.4 Å². The molecule has 1 unspecified atom stereocenters. The van der Waals surface area contributed by atoms with Gasteiger partial charge in [-0.25, -0.2) is 4.79 Å². The van der Waals surface area contributed by atoms with Crippen molar-refractivity contribution in [2.24, 2.45) is 5.41 Å². The Hall–Kier alpha value is -1.26. The van der Waals surface area contributed by atoms with E-state index in [2.05, 4.69) is 17.6 Å². The fraction of sp³-hybridized carbons (Fsp3) is 0.846.